The Balaban J connectivity index is 0.00000364. The van der Waals surface area contributed by atoms with Crippen molar-refractivity contribution in [1.82, 2.24) is 5.32 Å². The van der Waals surface area contributed by atoms with Crippen LogP contribution in [0.15, 0.2) is 47.5 Å². The standard InChI is InChI=1S/C18H21ClN4O3.HI/c1-25-15-8-7-14(11-16(15)26-2)23-18(20)22-10-9-21-17(24)12-3-5-13(19)6-4-12;/h3-8,11H,9-10H2,1-2H3,(H,21,24)(H3,20,22,23);1H. The van der Waals surface area contributed by atoms with Gasteiger partial charge in [0, 0.05) is 28.9 Å². The van der Waals surface area contributed by atoms with Gasteiger partial charge >= 0.3 is 0 Å². The molecule has 0 bridgehead atoms. The maximum atomic E-state index is 11.9. The van der Waals surface area contributed by atoms with E-state index in [0.717, 1.165) is 0 Å². The Morgan fingerprint density at radius 1 is 1.11 bits per heavy atom. The Hall–Kier alpha value is -2.20. The minimum Gasteiger partial charge on any atom is -0.493 e. The fourth-order valence-electron chi connectivity index (χ4n) is 2.15. The largest absolute Gasteiger partial charge is 0.493 e. The Kier molecular flexibility index (Phi) is 9.73. The summed E-state index contributed by atoms with van der Waals surface area (Å²) >= 11 is 5.80. The van der Waals surface area contributed by atoms with Gasteiger partial charge in [-0.1, -0.05) is 11.6 Å². The van der Waals surface area contributed by atoms with Gasteiger partial charge in [-0.3, -0.25) is 9.79 Å². The lowest BCUT2D eigenvalue weighted by Gasteiger charge is -2.11. The van der Waals surface area contributed by atoms with Crippen molar-refractivity contribution in [2.75, 3.05) is 32.6 Å². The van der Waals surface area contributed by atoms with E-state index in [1.165, 1.54) is 0 Å². The number of benzene rings is 2. The second kappa shape index (κ2) is 11.5. The number of amides is 1. The molecule has 0 aliphatic heterocycles. The van der Waals surface area contributed by atoms with Gasteiger partial charge in [-0.25, -0.2) is 0 Å². The molecule has 7 nitrogen and oxygen atoms in total. The van der Waals surface area contributed by atoms with Crippen molar-refractivity contribution in [2.24, 2.45) is 10.7 Å². The van der Waals surface area contributed by atoms with E-state index in [9.17, 15) is 4.79 Å². The van der Waals surface area contributed by atoms with Crippen LogP contribution < -0.4 is 25.8 Å². The molecule has 0 saturated carbocycles. The number of halogens is 2. The van der Waals surface area contributed by atoms with Crippen LogP contribution in [0.4, 0.5) is 5.69 Å². The molecular weight excluding hydrogens is 483 g/mol. The summed E-state index contributed by atoms with van der Waals surface area (Å²) in [5, 5.41) is 6.30. The van der Waals surface area contributed by atoms with E-state index < -0.39 is 0 Å². The lowest BCUT2D eigenvalue weighted by atomic mass is 10.2. The highest BCUT2D eigenvalue weighted by Gasteiger charge is 2.06. The maximum absolute atomic E-state index is 11.9. The number of carbonyl (C=O) groups excluding carboxylic acids is 1. The number of hydrogen-bond donors (Lipinski definition) is 3. The van der Waals surface area contributed by atoms with Gasteiger partial charge in [-0.2, -0.15) is 0 Å². The van der Waals surface area contributed by atoms with E-state index in [0.29, 0.717) is 40.9 Å². The average molecular weight is 505 g/mol. The number of aliphatic imine (C=N–C) groups is 1. The third-order valence-corrected chi connectivity index (χ3v) is 3.69. The van der Waals surface area contributed by atoms with Crippen molar-refractivity contribution in [3.8, 4) is 11.5 Å². The SMILES string of the molecule is COc1ccc(NC(N)=NCCNC(=O)c2ccc(Cl)cc2)cc1OC.I. The quantitative estimate of drug-likeness (QED) is 0.233. The van der Waals surface area contributed by atoms with Crippen LogP contribution in [-0.4, -0.2) is 39.2 Å². The van der Waals surface area contributed by atoms with Crippen molar-refractivity contribution >= 4 is 53.1 Å². The van der Waals surface area contributed by atoms with Gasteiger partial charge in [0.2, 0.25) is 0 Å². The summed E-state index contributed by atoms with van der Waals surface area (Å²) in [7, 11) is 3.13. The Morgan fingerprint density at radius 3 is 2.41 bits per heavy atom. The zero-order valence-corrected chi connectivity index (χ0v) is 18.1. The van der Waals surface area contributed by atoms with Crippen molar-refractivity contribution in [1.29, 1.82) is 0 Å². The summed E-state index contributed by atoms with van der Waals surface area (Å²) in [6.45, 7) is 0.696. The summed E-state index contributed by atoms with van der Waals surface area (Å²) < 4.78 is 10.4. The molecule has 4 N–H and O–H groups in total. The number of carbonyl (C=O) groups is 1. The first-order chi connectivity index (χ1) is 12.5. The molecule has 0 aliphatic rings. The third-order valence-electron chi connectivity index (χ3n) is 3.44. The van der Waals surface area contributed by atoms with E-state index in [4.69, 9.17) is 26.8 Å². The van der Waals surface area contributed by atoms with E-state index in [1.54, 1.807) is 56.7 Å². The first kappa shape index (κ1) is 22.8. The van der Waals surface area contributed by atoms with Crippen LogP contribution in [0.25, 0.3) is 0 Å². The lowest BCUT2D eigenvalue weighted by molar-refractivity contribution is 0.0955. The fourth-order valence-corrected chi connectivity index (χ4v) is 2.28. The number of hydrogen-bond acceptors (Lipinski definition) is 4. The van der Waals surface area contributed by atoms with Gasteiger partial charge in [0.25, 0.3) is 5.91 Å². The molecular formula is C18H22ClIN4O3. The summed E-state index contributed by atoms with van der Waals surface area (Å²) in [5.41, 5.74) is 7.11. The summed E-state index contributed by atoms with van der Waals surface area (Å²) in [5.74, 6) is 1.25. The third kappa shape index (κ3) is 7.14. The van der Waals surface area contributed by atoms with Crippen molar-refractivity contribution in [3.05, 3.63) is 53.1 Å². The molecule has 2 rings (SSSR count). The van der Waals surface area contributed by atoms with Crippen molar-refractivity contribution in [2.45, 2.75) is 0 Å². The van der Waals surface area contributed by atoms with Crippen LogP contribution in [0.3, 0.4) is 0 Å². The van der Waals surface area contributed by atoms with Gasteiger partial charge in [0.05, 0.1) is 20.8 Å². The first-order valence-corrected chi connectivity index (χ1v) is 8.24. The average Bonchev–Trinajstić information content (AvgIpc) is 2.65. The Bertz CT molecular complexity index is 785. The van der Waals surface area contributed by atoms with E-state index in [-0.39, 0.29) is 35.8 Å². The first-order valence-electron chi connectivity index (χ1n) is 7.86. The van der Waals surface area contributed by atoms with Crippen LogP contribution in [-0.2, 0) is 0 Å². The number of nitrogens with zero attached hydrogens (tertiary/aromatic N) is 1. The zero-order chi connectivity index (χ0) is 18.9. The number of guanidine groups is 1. The van der Waals surface area contributed by atoms with Crippen LogP contribution in [0.5, 0.6) is 11.5 Å². The van der Waals surface area contributed by atoms with Gasteiger partial charge in [0.15, 0.2) is 17.5 Å². The fraction of sp³-hybridized carbons (Fsp3) is 0.222. The predicted octanol–water partition coefficient (Wildman–Crippen LogP) is 3.13. The minimum atomic E-state index is -0.191. The second-order valence-electron chi connectivity index (χ2n) is 5.22. The molecule has 0 saturated heterocycles. The molecule has 2 aromatic rings. The molecule has 0 heterocycles. The molecule has 0 aliphatic carbocycles. The monoisotopic (exact) mass is 504 g/mol. The number of nitrogens with two attached hydrogens (primary N) is 1. The number of anilines is 1. The highest BCUT2D eigenvalue weighted by molar-refractivity contribution is 14.0. The number of methoxy groups -OCH3 is 2. The highest BCUT2D eigenvalue weighted by Crippen LogP contribution is 2.29. The van der Waals surface area contributed by atoms with Gasteiger partial charge in [-0.15, -0.1) is 24.0 Å². The van der Waals surface area contributed by atoms with Crippen molar-refractivity contribution in [3.63, 3.8) is 0 Å². The zero-order valence-electron chi connectivity index (χ0n) is 15.0. The molecule has 0 radical (unpaired) electrons. The van der Waals surface area contributed by atoms with Crippen LogP contribution >= 0.6 is 35.6 Å². The van der Waals surface area contributed by atoms with Gasteiger partial charge in [-0.05, 0) is 36.4 Å². The number of nitrogens with one attached hydrogen (secondary N) is 2. The minimum absolute atomic E-state index is 0. The molecule has 1 amide bonds. The molecule has 9 heteroatoms. The molecule has 0 fully saturated rings. The topological polar surface area (TPSA) is 98.0 Å². The van der Waals surface area contributed by atoms with E-state index in [2.05, 4.69) is 15.6 Å². The lowest BCUT2D eigenvalue weighted by Crippen LogP contribution is -2.28. The molecule has 0 spiro atoms. The van der Waals surface area contributed by atoms with E-state index >= 15 is 0 Å². The summed E-state index contributed by atoms with van der Waals surface area (Å²) in [6, 6.07) is 12.0. The van der Waals surface area contributed by atoms with Gasteiger partial charge in [0.1, 0.15) is 0 Å². The molecule has 2 aromatic carbocycles. The smallest absolute Gasteiger partial charge is 0.251 e. The van der Waals surface area contributed by atoms with Crippen LogP contribution in [0.1, 0.15) is 10.4 Å². The van der Waals surface area contributed by atoms with Crippen LogP contribution in [0, 0.1) is 0 Å². The molecule has 0 aromatic heterocycles. The second-order valence-corrected chi connectivity index (χ2v) is 5.66. The molecule has 146 valence electrons. The van der Waals surface area contributed by atoms with Crippen molar-refractivity contribution < 1.29 is 14.3 Å². The summed E-state index contributed by atoms with van der Waals surface area (Å²) in [4.78, 5) is 16.1. The van der Waals surface area contributed by atoms with Gasteiger partial charge < -0.3 is 25.8 Å². The molecule has 27 heavy (non-hydrogen) atoms. The number of rotatable bonds is 7. The highest BCUT2D eigenvalue weighted by atomic mass is 127. The van der Waals surface area contributed by atoms with Crippen LogP contribution in [0.2, 0.25) is 5.02 Å². The normalized spacial score (nSPS) is 10.6. The number of ether oxygens (including phenoxy) is 2. The van der Waals surface area contributed by atoms with E-state index in [1.807, 2.05) is 0 Å². The maximum Gasteiger partial charge on any atom is 0.251 e. The molecule has 0 atom stereocenters. The Morgan fingerprint density at radius 2 is 1.78 bits per heavy atom. The molecule has 0 unspecified atom stereocenters. The summed E-state index contributed by atoms with van der Waals surface area (Å²) in [6.07, 6.45) is 0. The predicted molar refractivity (Wildman–Crippen MR) is 119 cm³/mol. The Labute approximate surface area is 180 Å².